The molecular weight excluding hydrogens is 250 g/mol. The van der Waals surface area contributed by atoms with E-state index in [1.54, 1.807) is 6.07 Å². The Hall–Kier alpha value is -1.52. The maximum Gasteiger partial charge on any atom is 0.243 e. The first-order valence-electron chi connectivity index (χ1n) is 4.71. The van der Waals surface area contributed by atoms with E-state index in [4.69, 9.17) is 5.26 Å². The molecule has 0 aliphatic carbocycles. The lowest BCUT2D eigenvalue weighted by atomic mass is 10.3. The molecule has 1 aromatic carbocycles. The molecule has 7 heteroatoms. The standard InChI is InChI=1S/C10H10F2N2O2S/c1-7(4-5-13)14-17(15,16)10-6-8(11)2-3-9(10)12/h2-3,6-7,14H,4H2,1H3. The molecule has 0 amide bonds. The van der Waals surface area contributed by atoms with Crippen LogP contribution in [-0.2, 0) is 10.0 Å². The molecule has 0 radical (unpaired) electrons. The number of halogens is 2. The van der Waals surface area contributed by atoms with Gasteiger partial charge in [0.2, 0.25) is 10.0 Å². The summed E-state index contributed by atoms with van der Waals surface area (Å²) in [6.07, 6.45) is -0.0594. The number of rotatable bonds is 4. The summed E-state index contributed by atoms with van der Waals surface area (Å²) in [5.41, 5.74) is 0. The first-order chi connectivity index (χ1) is 7.86. The van der Waals surface area contributed by atoms with Crippen LogP contribution in [0.15, 0.2) is 23.1 Å². The van der Waals surface area contributed by atoms with Crippen LogP contribution in [0.5, 0.6) is 0 Å². The van der Waals surface area contributed by atoms with E-state index in [-0.39, 0.29) is 6.42 Å². The van der Waals surface area contributed by atoms with Crippen molar-refractivity contribution in [3.05, 3.63) is 29.8 Å². The van der Waals surface area contributed by atoms with Gasteiger partial charge in [-0.15, -0.1) is 0 Å². The predicted molar refractivity (Wildman–Crippen MR) is 56.4 cm³/mol. The van der Waals surface area contributed by atoms with Crippen LogP contribution in [0.4, 0.5) is 8.78 Å². The predicted octanol–water partition coefficient (Wildman–Crippen LogP) is 1.55. The summed E-state index contributed by atoms with van der Waals surface area (Å²) < 4.78 is 51.5. The lowest BCUT2D eigenvalue weighted by Crippen LogP contribution is -2.32. The van der Waals surface area contributed by atoms with Crippen molar-refractivity contribution in [2.24, 2.45) is 0 Å². The third kappa shape index (κ3) is 3.47. The first-order valence-corrected chi connectivity index (χ1v) is 6.19. The second kappa shape index (κ2) is 5.21. The molecule has 0 saturated heterocycles. The number of benzene rings is 1. The third-order valence-corrected chi connectivity index (χ3v) is 3.54. The minimum atomic E-state index is -4.15. The van der Waals surface area contributed by atoms with E-state index >= 15 is 0 Å². The zero-order chi connectivity index (χ0) is 13.1. The van der Waals surface area contributed by atoms with Gasteiger partial charge in [0.05, 0.1) is 12.5 Å². The SMILES string of the molecule is CC(CC#N)NS(=O)(=O)c1cc(F)ccc1F. The van der Waals surface area contributed by atoms with Crippen molar-refractivity contribution in [2.75, 3.05) is 0 Å². The molecule has 0 bridgehead atoms. The molecule has 0 aliphatic heterocycles. The van der Waals surface area contributed by atoms with Crippen LogP contribution in [0.25, 0.3) is 0 Å². The maximum atomic E-state index is 13.3. The molecule has 0 saturated carbocycles. The van der Waals surface area contributed by atoms with Gasteiger partial charge in [-0.25, -0.2) is 21.9 Å². The Morgan fingerprint density at radius 3 is 2.71 bits per heavy atom. The average Bonchev–Trinajstić information content (AvgIpc) is 2.21. The zero-order valence-corrected chi connectivity index (χ0v) is 9.76. The summed E-state index contributed by atoms with van der Waals surface area (Å²) >= 11 is 0. The summed E-state index contributed by atoms with van der Waals surface area (Å²) in [4.78, 5) is -0.762. The summed E-state index contributed by atoms with van der Waals surface area (Å²) in [6.45, 7) is 1.46. The number of nitriles is 1. The summed E-state index contributed by atoms with van der Waals surface area (Å²) in [6, 6.07) is 3.25. The molecule has 1 rings (SSSR count). The highest BCUT2D eigenvalue weighted by Gasteiger charge is 2.21. The van der Waals surface area contributed by atoms with E-state index in [1.165, 1.54) is 6.92 Å². The van der Waals surface area contributed by atoms with Crippen LogP contribution in [0, 0.1) is 23.0 Å². The van der Waals surface area contributed by atoms with E-state index in [1.807, 2.05) is 0 Å². The van der Waals surface area contributed by atoms with Gasteiger partial charge in [-0.1, -0.05) is 0 Å². The quantitative estimate of drug-likeness (QED) is 0.892. The summed E-state index contributed by atoms with van der Waals surface area (Å²) in [5.74, 6) is -1.89. The molecule has 0 aliphatic rings. The van der Waals surface area contributed by atoms with Crippen LogP contribution in [0.2, 0.25) is 0 Å². The van der Waals surface area contributed by atoms with E-state index in [0.29, 0.717) is 6.07 Å². The first kappa shape index (κ1) is 13.5. The monoisotopic (exact) mass is 260 g/mol. The number of sulfonamides is 1. The molecule has 0 heterocycles. The Morgan fingerprint density at radius 1 is 1.47 bits per heavy atom. The van der Waals surface area contributed by atoms with Crippen molar-refractivity contribution < 1.29 is 17.2 Å². The van der Waals surface area contributed by atoms with Crippen LogP contribution < -0.4 is 4.72 Å². The number of nitrogens with one attached hydrogen (secondary N) is 1. The van der Waals surface area contributed by atoms with Crippen molar-refractivity contribution >= 4 is 10.0 Å². The highest BCUT2D eigenvalue weighted by molar-refractivity contribution is 7.89. The molecule has 4 nitrogen and oxygen atoms in total. The maximum absolute atomic E-state index is 13.3. The molecule has 1 atom stereocenters. The number of nitrogens with zero attached hydrogens (tertiary/aromatic N) is 1. The van der Waals surface area contributed by atoms with E-state index in [2.05, 4.69) is 4.72 Å². The number of hydrogen-bond acceptors (Lipinski definition) is 3. The summed E-state index contributed by atoms with van der Waals surface area (Å²) in [7, 11) is -4.15. The van der Waals surface area contributed by atoms with E-state index < -0.39 is 32.6 Å². The van der Waals surface area contributed by atoms with Gasteiger partial charge in [-0.05, 0) is 25.1 Å². The van der Waals surface area contributed by atoms with Crippen LogP contribution in [0.3, 0.4) is 0 Å². The van der Waals surface area contributed by atoms with Gasteiger partial charge < -0.3 is 0 Å². The van der Waals surface area contributed by atoms with Crippen LogP contribution in [0.1, 0.15) is 13.3 Å². The molecule has 0 spiro atoms. The largest absolute Gasteiger partial charge is 0.243 e. The molecule has 1 aromatic rings. The molecule has 92 valence electrons. The van der Waals surface area contributed by atoms with Gasteiger partial charge in [0.25, 0.3) is 0 Å². The normalized spacial score (nSPS) is 13.1. The fourth-order valence-corrected chi connectivity index (χ4v) is 2.52. The molecule has 1 unspecified atom stereocenters. The van der Waals surface area contributed by atoms with Gasteiger partial charge in [0.1, 0.15) is 16.5 Å². The lowest BCUT2D eigenvalue weighted by molar-refractivity contribution is 0.536. The van der Waals surface area contributed by atoms with Gasteiger partial charge in [-0.2, -0.15) is 5.26 Å². The molecule has 0 fully saturated rings. The van der Waals surface area contributed by atoms with Crippen LogP contribution >= 0.6 is 0 Å². The van der Waals surface area contributed by atoms with Crippen molar-refractivity contribution in [2.45, 2.75) is 24.3 Å². The minimum Gasteiger partial charge on any atom is -0.207 e. The highest BCUT2D eigenvalue weighted by Crippen LogP contribution is 2.16. The minimum absolute atomic E-state index is 0.0594. The smallest absolute Gasteiger partial charge is 0.207 e. The van der Waals surface area contributed by atoms with Crippen LogP contribution in [-0.4, -0.2) is 14.5 Å². The fraction of sp³-hybridized carbons (Fsp3) is 0.300. The van der Waals surface area contributed by atoms with E-state index in [0.717, 1.165) is 12.1 Å². The van der Waals surface area contributed by atoms with Crippen molar-refractivity contribution in [1.82, 2.24) is 4.72 Å². The van der Waals surface area contributed by atoms with Gasteiger partial charge >= 0.3 is 0 Å². The highest BCUT2D eigenvalue weighted by atomic mass is 32.2. The second-order valence-electron chi connectivity index (χ2n) is 3.46. The number of hydrogen-bond donors (Lipinski definition) is 1. The zero-order valence-electron chi connectivity index (χ0n) is 8.94. The second-order valence-corrected chi connectivity index (χ2v) is 5.14. The lowest BCUT2D eigenvalue weighted by Gasteiger charge is -2.11. The molecule has 1 N–H and O–H groups in total. The topological polar surface area (TPSA) is 70.0 Å². The van der Waals surface area contributed by atoms with Gasteiger partial charge in [0.15, 0.2) is 0 Å². The van der Waals surface area contributed by atoms with Crippen molar-refractivity contribution in [1.29, 1.82) is 5.26 Å². The van der Waals surface area contributed by atoms with Crippen molar-refractivity contribution in [3.63, 3.8) is 0 Å². The third-order valence-electron chi connectivity index (χ3n) is 1.94. The Morgan fingerprint density at radius 2 is 2.12 bits per heavy atom. The van der Waals surface area contributed by atoms with E-state index in [9.17, 15) is 17.2 Å². The Kier molecular flexibility index (Phi) is 4.15. The van der Waals surface area contributed by atoms with Gasteiger partial charge in [-0.3, -0.25) is 0 Å². The Bertz CT molecular complexity index is 552. The average molecular weight is 260 g/mol. The Labute approximate surface area is 97.9 Å². The van der Waals surface area contributed by atoms with Crippen molar-refractivity contribution in [3.8, 4) is 6.07 Å². The molecular formula is C10H10F2N2O2S. The molecule has 0 aromatic heterocycles. The van der Waals surface area contributed by atoms with Gasteiger partial charge in [0, 0.05) is 6.04 Å². The Balaban J connectivity index is 3.06. The summed E-state index contributed by atoms with van der Waals surface area (Å²) in [5, 5.41) is 8.38. The molecule has 17 heavy (non-hydrogen) atoms. The fourth-order valence-electron chi connectivity index (χ4n) is 1.19.